The quantitative estimate of drug-likeness (QED) is 0.836. The zero-order valence-electron chi connectivity index (χ0n) is 15.3. The maximum Gasteiger partial charge on any atom is 0.416 e. The topological polar surface area (TPSA) is 60.0 Å². The lowest BCUT2D eigenvalue weighted by molar-refractivity contribution is -0.242. The number of carbonyl (C=O) groups is 1. The van der Waals surface area contributed by atoms with Gasteiger partial charge in [-0.15, -0.1) is 0 Å². The second-order valence-corrected chi connectivity index (χ2v) is 7.66. The molecule has 2 aromatic rings. The van der Waals surface area contributed by atoms with Gasteiger partial charge in [0.1, 0.15) is 0 Å². The summed E-state index contributed by atoms with van der Waals surface area (Å²) in [5.74, 6) is 0.653. The number of hydrogen-bond acceptors (Lipinski definition) is 2. The number of quaternary nitrogens is 1. The van der Waals surface area contributed by atoms with E-state index in [1.54, 1.807) is 0 Å². The van der Waals surface area contributed by atoms with Crippen LogP contribution in [-0.2, 0) is 13.0 Å². The first-order valence-corrected chi connectivity index (χ1v) is 9.57. The van der Waals surface area contributed by atoms with Crippen LogP contribution in [0.25, 0.3) is 0 Å². The molecule has 1 heterocycles. The molecule has 2 aromatic carbocycles. The number of nitrogens with zero attached hydrogens (tertiary/aromatic N) is 1. The van der Waals surface area contributed by atoms with Gasteiger partial charge >= 0.3 is 6.03 Å². The summed E-state index contributed by atoms with van der Waals surface area (Å²) in [5, 5.41) is 3.66. The molecule has 1 fully saturated rings. The number of anilines is 1. The molecule has 138 valence electrons. The van der Waals surface area contributed by atoms with E-state index in [1.807, 2.05) is 24.3 Å². The predicted octanol–water partition coefficient (Wildman–Crippen LogP) is 3.88. The van der Waals surface area contributed by atoms with Crippen molar-refractivity contribution < 1.29 is 10.5 Å². The lowest BCUT2D eigenvalue weighted by Gasteiger charge is -2.33. The second kappa shape index (κ2) is 8.67. The highest BCUT2D eigenvalue weighted by atomic mass is 35.5. The second-order valence-electron chi connectivity index (χ2n) is 7.22. The fourth-order valence-corrected chi connectivity index (χ4v) is 3.94. The fraction of sp³-hybridized carbons (Fsp3) is 0.381. The molecular formula is C21H27ClN3O+. The van der Waals surface area contributed by atoms with E-state index in [-0.39, 0.29) is 6.03 Å². The Morgan fingerprint density at radius 2 is 2.04 bits per heavy atom. The van der Waals surface area contributed by atoms with Gasteiger partial charge in [-0.25, -0.2) is 4.79 Å². The Kier molecular flexibility index (Phi) is 6.30. The summed E-state index contributed by atoms with van der Waals surface area (Å²) < 4.78 is 0. The van der Waals surface area contributed by atoms with E-state index in [0.29, 0.717) is 5.92 Å². The number of amides is 2. The standard InChI is InChI=1S/C21H26ClN3O/c1-15-4-2-6-20(24-21(23)26)19(15)14-25-11-3-5-17(13-25)12-16-7-9-18(22)10-8-16/h2,4,6-10,17H,3,5,11-14H2,1H3,(H3,23,24,26)/p+1. The summed E-state index contributed by atoms with van der Waals surface area (Å²) in [7, 11) is 0. The van der Waals surface area contributed by atoms with Crippen LogP contribution in [0.3, 0.4) is 0 Å². The molecule has 1 aliphatic heterocycles. The van der Waals surface area contributed by atoms with Gasteiger partial charge in [0.25, 0.3) is 0 Å². The number of aryl methyl sites for hydroxylation is 1. The maximum absolute atomic E-state index is 11.4. The molecular weight excluding hydrogens is 346 g/mol. The minimum absolute atomic E-state index is 0.267. The highest BCUT2D eigenvalue weighted by molar-refractivity contribution is 6.30. The molecule has 26 heavy (non-hydrogen) atoms. The smallest absolute Gasteiger partial charge is 0.299 e. The summed E-state index contributed by atoms with van der Waals surface area (Å²) in [5.41, 5.74) is 8.07. The Balaban J connectivity index is 1.67. The Labute approximate surface area is 160 Å². The minimum Gasteiger partial charge on any atom is -0.299 e. The van der Waals surface area contributed by atoms with Gasteiger partial charge < -0.3 is 0 Å². The van der Waals surface area contributed by atoms with Gasteiger partial charge in [0.2, 0.25) is 0 Å². The number of likely N-dealkylation sites (tertiary alicyclic amines) is 1. The molecule has 1 atom stereocenters. The van der Waals surface area contributed by atoms with Gasteiger partial charge in [-0.05, 0) is 73.5 Å². The van der Waals surface area contributed by atoms with Gasteiger partial charge in [0.05, 0.1) is 5.69 Å². The molecule has 1 saturated heterocycles. The van der Waals surface area contributed by atoms with Crippen LogP contribution in [0, 0.1) is 12.8 Å². The average Bonchev–Trinajstić information content (AvgIpc) is 2.60. The Morgan fingerprint density at radius 1 is 1.27 bits per heavy atom. The van der Waals surface area contributed by atoms with Gasteiger partial charge in [-0.2, -0.15) is 0 Å². The first kappa shape index (κ1) is 18.9. The molecule has 0 bridgehead atoms. The van der Waals surface area contributed by atoms with Crippen LogP contribution >= 0.6 is 11.6 Å². The van der Waals surface area contributed by atoms with Crippen molar-refractivity contribution in [2.45, 2.75) is 32.7 Å². The van der Waals surface area contributed by atoms with Crippen LogP contribution in [-0.4, -0.2) is 24.0 Å². The number of urea groups is 1. The molecule has 1 unspecified atom stereocenters. The van der Waals surface area contributed by atoms with E-state index < -0.39 is 0 Å². The molecule has 4 N–H and O–H groups in total. The molecule has 0 radical (unpaired) electrons. The first-order chi connectivity index (χ1) is 12.5. The van der Waals surface area contributed by atoms with Crippen LogP contribution in [0.4, 0.5) is 10.5 Å². The van der Waals surface area contributed by atoms with Crippen molar-refractivity contribution in [3.05, 3.63) is 64.2 Å². The molecule has 4 nitrogen and oxygen atoms in total. The number of nitrogens with one attached hydrogen (secondary N) is 1. The van der Waals surface area contributed by atoms with Crippen LogP contribution < -0.4 is 11.1 Å². The number of hydrogen-bond donors (Lipinski definition) is 2. The highest BCUT2D eigenvalue weighted by Gasteiger charge is 2.22. The van der Waals surface area contributed by atoms with E-state index in [2.05, 4.69) is 41.1 Å². The fourth-order valence-electron chi connectivity index (χ4n) is 3.82. The molecule has 0 aromatic heterocycles. The molecule has 1 aliphatic rings. The monoisotopic (exact) mass is 372 g/mol. The number of carbonyl (C=O) groups excluding carboxylic acids is 1. The van der Waals surface area contributed by atoms with Crippen molar-refractivity contribution in [2.75, 3.05) is 18.4 Å². The number of halogens is 1. The predicted molar refractivity (Wildman–Crippen MR) is 106 cm³/mol. The third-order valence-electron chi connectivity index (χ3n) is 5.11. The molecule has 3 rings (SSSR count). The maximum atomic E-state index is 11.4. The van der Waals surface area contributed by atoms with Crippen molar-refractivity contribution >= 4 is 23.3 Å². The zero-order chi connectivity index (χ0) is 18.5. The Morgan fingerprint density at radius 3 is 2.77 bits per heavy atom. The van der Waals surface area contributed by atoms with Crippen molar-refractivity contribution in [3.8, 4) is 0 Å². The molecule has 5 heteroatoms. The minimum atomic E-state index is -0.267. The summed E-state index contributed by atoms with van der Waals surface area (Å²) in [6.07, 6.45) is 3.56. The van der Waals surface area contributed by atoms with Crippen LogP contribution in [0.5, 0.6) is 0 Å². The summed E-state index contributed by atoms with van der Waals surface area (Å²) >= 11 is 5.99. The van der Waals surface area contributed by atoms with E-state index >= 15 is 0 Å². The third kappa shape index (κ3) is 5.07. The largest absolute Gasteiger partial charge is 0.416 e. The molecule has 2 amide bonds. The van der Waals surface area contributed by atoms with Crippen molar-refractivity contribution in [1.82, 2.24) is 4.90 Å². The normalized spacial score (nSPS) is 17.9. The van der Waals surface area contributed by atoms with Gasteiger partial charge in [-0.3, -0.25) is 16.0 Å². The van der Waals surface area contributed by atoms with E-state index in [0.717, 1.165) is 36.8 Å². The van der Waals surface area contributed by atoms with Crippen LogP contribution in [0.15, 0.2) is 42.5 Å². The SMILES string of the molecule is Cc1cccc(NC([NH3+])=O)c1CN1CCCC(Cc2ccc(Cl)cc2)C1. The summed E-state index contributed by atoms with van der Waals surface area (Å²) in [6, 6.07) is 14.0. The van der Waals surface area contributed by atoms with Crippen molar-refractivity contribution in [2.24, 2.45) is 5.92 Å². The van der Waals surface area contributed by atoms with E-state index in [1.165, 1.54) is 29.5 Å². The molecule has 0 saturated carbocycles. The Hall–Kier alpha value is -1.88. The number of benzene rings is 2. The number of rotatable bonds is 5. The lowest BCUT2D eigenvalue weighted by atomic mass is 9.91. The Bertz CT molecular complexity index is 760. The number of piperidine rings is 1. The van der Waals surface area contributed by atoms with Crippen molar-refractivity contribution in [3.63, 3.8) is 0 Å². The average molecular weight is 373 g/mol. The molecule has 0 aliphatic carbocycles. The lowest BCUT2D eigenvalue weighted by Crippen LogP contribution is -2.59. The van der Waals surface area contributed by atoms with Gasteiger partial charge in [-0.1, -0.05) is 35.9 Å². The van der Waals surface area contributed by atoms with E-state index in [4.69, 9.17) is 11.6 Å². The first-order valence-electron chi connectivity index (χ1n) is 9.19. The van der Waals surface area contributed by atoms with Crippen LogP contribution in [0.1, 0.15) is 29.5 Å². The van der Waals surface area contributed by atoms with Gasteiger partial charge in [0.15, 0.2) is 0 Å². The van der Waals surface area contributed by atoms with Crippen LogP contribution in [0.2, 0.25) is 5.02 Å². The third-order valence-corrected chi connectivity index (χ3v) is 5.36. The zero-order valence-corrected chi connectivity index (χ0v) is 16.1. The molecule has 0 spiro atoms. The van der Waals surface area contributed by atoms with Gasteiger partial charge in [0, 0.05) is 18.1 Å². The summed E-state index contributed by atoms with van der Waals surface area (Å²) in [6.45, 7) is 5.14. The van der Waals surface area contributed by atoms with E-state index in [9.17, 15) is 4.79 Å². The highest BCUT2D eigenvalue weighted by Crippen LogP contribution is 2.26. The van der Waals surface area contributed by atoms with Crippen molar-refractivity contribution in [1.29, 1.82) is 0 Å². The summed E-state index contributed by atoms with van der Waals surface area (Å²) in [4.78, 5) is 13.9.